The van der Waals surface area contributed by atoms with Crippen LogP contribution in [0.25, 0.3) is 11.6 Å². The van der Waals surface area contributed by atoms with Crippen LogP contribution in [-0.2, 0) is 0 Å². The Bertz CT molecular complexity index is 755. The van der Waals surface area contributed by atoms with Gasteiger partial charge in [0.15, 0.2) is 5.82 Å². The van der Waals surface area contributed by atoms with Gasteiger partial charge in [0.25, 0.3) is 0 Å². The van der Waals surface area contributed by atoms with E-state index in [-0.39, 0.29) is 11.8 Å². The summed E-state index contributed by atoms with van der Waals surface area (Å²) < 4.78 is 0. The molecule has 1 heterocycles. The summed E-state index contributed by atoms with van der Waals surface area (Å²) in [6, 6.07) is 9.95. The van der Waals surface area contributed by atoms with Gasteiger partial charge in [-0.3, -0.25) is 0 Å². The zero-order valence-electron chi connectivity index (χ0n) is 13.6. The molecule has 1 aromatic heterocycles. The largest absolute Gasteiger partial charge is 0.378 e. The standard InChI is InChI=1S/C16H19N7/c1-22(2)13-7-5-11(6-8-13)9-12(10-17)14-19-15(18)21-16(20-14)23(3)4/h5-9H,1-4H3,(H2,18,19,20,21). The first-order valence-electron chi connectivity index (χ1n) is 6.99. The molecule has 0 saturated heterocycles. The zero-order chi connectivity index (χ0) is 17.0. The van der Waals surface area contributed by atoms with E-state index in [1.807, 2.05) is 43.3 Å². The molecule has 2 rings (SSSR count). The van der Waals surface area contributed by atoms with E-state index in [2.05, 4.69) is 21.0 Å². The van der Waals surface area contributed by atoms with Gasteiger partial charge >= 0.3 is 0 Å². The molecule has 0 aliphatic heterocycles. The van der Waals surface area contributed by atoms with Crippen molar-refractivity contribution in [1.82, 2.24) is 15.0 Å². The summed E-state index contributed by atoms with van der Waals surface area (Å²) >= 11 is 0. The summed E-state index contributed by atoms with van der Waals surface area (Å²) in [5.41, 5.74) is 8.01. The number of anilines is 3. The van der Waals surface area contributed by atoms with Crippen molar-refractivity contribution < 1.29 is 0 Å². The molecule has 0 fully saturated rings. The fourth-order valence-corrected chi connectivity index (χ4v) is 1.88. The number of nitrogens with two attached hydrogens (primary N) is 1. The second-order valence-electron chi connectivity index (χ2n) is 5.37. The quantitative estimate of drug-likeness (QED) is 0.858. The predicted molar refractivity (Wildman–Crippen MR) is 92.8 cm³/mol. The molecule has 1 aromatic carbocycles. The average molecular weight is 309 g/mol. The normalized spacial score (nSPS) is 11.0. The molecule has 2 N–H and O–H groups in total. The highest BCUT2D eigenvalue weighted by Crippen LogP contribution is 2.19. The van der Waals surface area contributed by atoms with Crippen LogP contribution in [0.4, 0.5) is 17.6 Å². The van der Waals surface area contributed by atoms with Crippen LogP contribution in [0.1, 0.15) is 11.4 Å². The molecule has 0 aliphatic rings. The molecule has 7 nitrogen and oxygen atoms in total. The first-order valence-corrected chi connectivity index (χ1v) is 6.99. The van der Waals surface area contributed by atoms with Gasteiger partial charge in [-0.2, -0.15) is 20.2 Å². The topological polar surface area (TPSA) is 95.0 Å². The molecule has 2 aromatic rings. The van der Waals surface area contributed by atoms with Gasteiger partial charge in [-0.1, -0.05) is 12.1 Å². The van der Waals surface area contributed by atoms with Crippen LogP contribution in [0.2, 0.25) is 0 Å². The van der Waals surface area contributed by atoms with Crippen molar-refractivity contribution in [3.05, 3.63) is 35.7 Å². The maximum Gasteiger partial charge on any atom is 0.230 e. The first-order chi connectivity index (χ1) is 10.9. The number of hydrogen-bond donors (Lipinski definition) is 1. The molecule has 0 aliphatic carbocycles. The maximum absolute atomic E-state index is 9.42. The van der Waals surface area contributed by atoms with E-state index < -0.39 is 0 Å². The molecule has 0 amide bonds. The van der Waals surface area contributed by atoms with Crippen LogP contribution in [0.15, 0.2) is 24.3 Å². The van der Waals surface area contributed by atoms with E-state index >= 15 is 0 Å². The monoisotopic (exact) mass is 309 g/mol. The molecule has 0 radical (unpaired) electrons. The van der Waals surface area contributed by atoms with Crippen molar-refractivity contribution in [1.29, 1.82) is 5.26 Å². The number of nitriles is 1. The smallest absolute Gasteiger partial charge is 0.230 e. The summed E-state index contributed by atoms with van der Waals surface area (Å²) in [6.45, 7) is 0. The molecule has 0 bridgehead atoms. The third kappa shape index (κ3) is 3.95. The van der Waals surface area contributed by atoms with Crippen molar-refractivity contribution in [2.45, 2.75) is 0 Å². The fourth-order valence-electron chi connectivity index (χ4n) is 1.88. The predicted octanol–water partition coefficient (Wildman–Crippen LogP) is 1.65. The number of aromatic nitrogens is 3. The van der Waals surface area contributed by atoms with Crippen LogP contribution >= 0.6 is 0 Å². The zero-order valence-corrected chi connectivity index (χ0v) is 13.6. The molecule has 7 heteroatoms. The van der Waals surface area contributed by atoms with Crippen molar-refractivity contribution in [3.8, 4) is 6.07 Å². The van der Waals surface area contributed by atoms with E-state index in [0.29, 0.717) is 11.5 Å². The van der Waals surface area contributed by atoms with E-state index in [9.17, 15) is 5.26 Å². The van der Waals surface area contributed by atoms with E-state index in [0.717, 1.165) is 11.3 Å². The molecule has 118 valence electrons. The van der Waals surface area contributed by atoms with Crippen LogP contribution in [0.5, 0.6) is 0 Å². The number of nitrogen functional groups attached to an aromatic ring is 1. The van der Waals surface area contributed by atoms with Crippen LogP contribution in [-0.4, -0.2) is 43.1 Å². The number of hydrogen-bond acceptors (Lipinski definition) is 7. The summed E-state index contributed by atoms with van der Waals surface area (Å²) in [6.07, 6.45) is 1.73. The minimum Gasteiger partial charge on any atom is -0.378 e. The van der Waals surface area contributed by atoms with Gasteiger partial charge in [0, 0.05) is 33.9 Å². The molecule has 0 saturated carbocycles. The molecule has 0 unspecified atom stereocenters. The lowest BCUT2D eigenvalue weighted by Gasteiger charge is -2.12. The highest BCUT2D eigenvalue weighted by Gasteiger charge is 2.10. The minimum absolute atomic E-state index is 0.0859. The minimum atomic E-state index is 0.0859. The fraction of sp³-hybridized carbons (Fsp3) is 0.250. The van der Waals surface area contributed by atoms with Gasteiger partial charge in [0.1, 0.15) is 6.07 Å². The summed E-state index contributed by atoms with van der Waals surface area (Å²) in [5, 5.41) is 9.42. The van der Waals surface area contributed by atoms with Crippen molar-refractivity contribution >= 4 is 29.2 Å². The Hall–Kier alpha value is -3.14. The van der Waals surface area contributed by atoms with Gasteiger partial charge in [-0.25, -0.2) is 0 Å². The molecule has 0 atom stereocenters. The van der Waals surface area contributed by atoms with E-state index in [1.165, 1.54) is 0 Å². The first kappa shape index (κ1) is 16.2. The molecule has 0 spiro atoms. The van der Waals surface area contributed by atoms with Crippen molar-refractivity contribution in [2.75, 3.05) is 43.7 Å². The molecule has 23 heavy (non-hydrogen) atoms. The second kappa shape index (κ2) is 6.75. The van der Waals surface area contributed by atoms with Crippen molar-refractivity contribution in [3.63, 3.8) is 0 Å². The van der Waals surface area contributed by atoms with Gasteiger partial charge in [0.2, 0.25) is 11.9 Å². The van der Waals surface area contributed by atoms with Gasteiger partial charge in [-0.05, 0) is 23.8 Å². The van der Waals surface area contributed by atoms with Gasteiger partial charge in [-0.15, -0.1) is 0 Å². The lowest BCUT2D eigenvalue weighted by Crippen LogP contribution is -2.15. The highest BCUT2D eigenvalue weighted by atomic mass is 15.3. The summed E-state index contributed by atoms with van der Waals surface area (Å²) in [5.74, 6) is 0.764. The lowest BCUT2D eigenvalue weighted by molar-refractivity contribution is 0.952. The van der Waals surface area contributed by atoms with Crippen LogP contribution in [0.3, 0.4) is 0 Å². The Morgan fingerprint density at radius 2 is 1.70 bits per heavy atom. The van der Waals surface area contributed by atoms with Gasteiger partial charge in [0.05, 0.1) is 5.57 Å². The summed E-state index contributed by atoms with van der Waals surface area (Å²) in [7, 11) is 7.55. The number of nitrogens with zero attached hydrogens (tertiary/aromatic N) is 6. The van der Waals surface area contributed by atoms with Crippen molar-refractivity contribution in [2.24, 2.45) is 0 Å². The maximum atomic E-state index is 9.42. The molecular formula is C16H19N7. The Balaban J connectivity index is 2.41. The lowest BCUT2D eigenvalue weighted by atomic mass is 10.1. The number of rotatable bonds is 4. The Kier molecular flexibility index (Phi) is 4.76. The van der Waals surface area contributed by atoms with Gasteiger partial charge < -0.3 is 15.5 Å². The SMILES string of the molecule is CN(C)c1ccc(C=C(C#N)c2nc(N)nc(N(C)C)n2)cc1. The van der Waals surface area contributed by atoms with Crippen LogP contribution < -0.4 is 15.5 Å². The third-order valence-corrected chi connectivity index (χ3v) is 3.12. The second-order valence-corrected chi connectivity index (χ2v) is 5.37. The van der Waals surface area contributed by atoms with E-state index in [4.69, 9.17) is 5.73 Å². The third-order valence-electron chi connectivity index (χ3n) is 3.12. The highest BCUT2D eigenvalue weighted by molar-refractivity contribution is 5.87. The van der Waals surface area contributed by atoms with Crippen LogP contribution in [0, 0.1) is 11.3 Å². The summed E-state index contributed by atoms with van der Waals surface area (Å²) in [4.78, 5) is 16.1. The number of benzene rings is 1. The van der Waals surface area contributed by atoms with E-state index in [1.54, 1.807) is 25.1 Å². The Morgan fingerprint density at radius 1 is 1.04 bits per heavy atom. The Morgan fingerprint density at radius 3 is 2.22 bits per heavy atom. The Labute approximate surface area is 135 Å². The average Bonchev–Trinajstić information content (AvgIpc) is 2.52. The molecular weight excluding hydrogens is 290 g/mol. The number of allylic oxidation sites excluding steroid dienone is 1.